The van der Waals surface area contributed by atoms with Gasteiger partial charge in [-0.05, 0) is 26.0 Å². The molecule has 0 radical (unpaired) electrons. The van der Waals surface area contributed by atoms with Crippen LogP contribution in [-0.4, -0.2) is 31.8 Å². The fraction of sp³-hybridized carbons (Fsp3) is 0.462. The molecule has 5 heteroatoms. The summed E-state index contributed by atoms with van der Waals surface area (Å²) in [5, 5.41) is 12.6. The van der Waals surface area contributed by atoms with Gasteiger partial charge in [-0.3, -0.25) is 0 Å². The Morgan fingerprint density at radius 2 is 2.17 bits per heavy atom. The second kappa shape index (κ2) is 4.86. The Balaban J connectivity index is 2.72. The molecule has 0 spiro atoms. The van der Waals surface area contributed by atoms with Crippen molar-refractivity contribution in [3.05, 3.63) is 22.8 Å². The Labute approximate surface area is 106 Å². The molecule has 0 amide bonds. The third-order valence-corrected chi connectivity index (χ3v) is 3.30. The molecule has 1 heterocycles. The summed E-state index contributed by atoms with van der Waals surface area (Å²) in [6.07, 6.45) is 0.736. The first-order valence-electron chi connectivity index (χ1n) is 5.84. The highest BCUT2D eigenvalue weighted by Gasteiger charge is 2.28. The van der Waals surface area contributed by atoms with Gasteiger partial charge in [-0.15, -0.1) is 0 Å². The van der Waals surface area contributed by atoms with Gasteiger partial charge in [0.2, 0.25) is 0 Å². The molecule has 0 saturated carbocycles. The number of methoxy groups -OCH3 is 2. The maximum absolute atomic E-state index is 11.3. The number of fused-ring (bicyclic) bond motifs is 1. The van der Waals surface area contributed by atoms with E-state index in [1.165, 1.54) is 13.2 Å². The number of hydrogen-bond acceptors (Lipinski definition) is 4. The second-order valence-corrected chi connectivity index (χ2v) is 4.28. The first-order chi connectivity index (χ1) is 8.60. The van der Waals surface area contributed by atoms with Crippen molar-refractivity contribution >= 4 is 5.97 Å². The minimum atomic E-state index is -1.00. The molecule has 1 aromatic carbocycles. The molecule has 98 valence electrons. The van der Waals surface area contributed by atoms with Gasteiger partial charge in [0.15, 0.2) is 0 Å². The van der Waals surface area contributed by atoms with Crippen LogP contribution in [0.4, 0.5) is 0 Å². The number of aromatic carboxylic acids is 1. The van der Waals surface area contributed by atoms with E-state index in [1.807, 2.05) is 6.92 Å². The number of hydrogen-bond donors (Lipinski definition) is 2. The van der Waals surface area contributed by atoms with E-state index in [9.17, 15) is 9.90 Å². The van der Waals surface area contributed by atoms with Crippen molar-refractivity contribution in [1.29, 1.82) is 0 Å². The molecule has 5 nitrogen and oxygen atoms in total. The lowest BCUT2D eigenvalue weighted by Gasteiger charge is -2.28. The average molecular weight is 251 g/mol. The van der Waals surface area contributed by atoms with E-state index in [4.69, 9.17) is 9.47 Å². The number of benzene rings is 1. The van der Waals surface area contributed by atoms with Crippen LogP contribution in [0.2, 0.25) is 0 Å². The summed E-state index contributed by atoms with van der Waals surface area (Å²) in [5.41, 5.74) is 2.08. The minimum absolute atomic E-state index is 0.125. The molecular formula is C13H17NO4. The van der Waals surface area contributed by atoms with Crippen molar-refractivity contribution in [2.24, 2.45) is 0 Å². The lowest BCUT2D eigenvalue weighted by Crippen LogP contribution is -2.29. The molecule has 1 aliphatic heterocycles. The van der Waals surface area contributed by atoms with Gasteiger partial charge in [0.05, 0.1) is 14.2 Å². The SMILES string of the molecule is COc1cc(C(=O)O)c(OC)c2c1C(C)NCC2. The maximum atomic E-state index is 11.3. The minimum Gasteiger partial charge on any atom is -0.496 e. The van der Waals surface area contributed by atoms with Crippen molar-refractivity contribution in [3.63, 3.8) is 0 Å². The highest BCUT2D eigenvalue weighted by molar-refractivity contribution is 5.92. The van der Waals surface area contributed by atoms with Crippen molar-refractivity contribution in [1.82, 2.24) is 5.32 Å². The molecule has 1 atom stereocenters. The Bertz CT molecular complexity index is 484. The molecule has 1 unspecified atom stereocenters. The molecule has 0 fully saturated rings. The van der Waals surface area contributed by atoms with E-state index in [-0.39, 0.29) is 11.6 Å². The molecule has 1 aliphatic rings. The third-order valence-electron chi connectivity index (χ3n) is 3.30. The van der Waals surface area contributed by atoms with Gasteiger partial charge < -0.3 is 19.9 Å². The van der Waals surface area contributed by atoms with E-state index >= 15 is 0 Å². The van der Waals surface area contributed by atoms with Crippen LogP contribution >= 0.6 is 0 Å². The summed E-state index contributed by atoms with van der Waals surface area (Å²) in [5.74, 6) is 0.0497. The summed E-state index contributed by atoms with van der Waals surface area (Å²) in [4.78, 5) is 11.3. The van der Waals surface area contributed by atoms with Gasteiger partial charge in [0.1, 0.15) is 17.1 Å². The predicted molar refractivity (Wildman–Crippen MR) is 66.6 cm³/mol. The van der Waals surface area contributed by atoms with E-state index in [2.05, 4.69) is 5.32 Å². The summed E-state index contributed by atoms with van der Waals surface area (Å²) >= 11 is 0. The van der Waals surface area contributed by atoms with Crippen LogP contribution in [0.3, 0.4) is 0 Å². The molecule has 0 bridgehead atoms. The van der Waals surface area contributed by atoms with Crippen LogP contribution in [-0.2, 0) is 6.42 Å². The topological polar surface area (TPSA) is 67.8 Å². The molecule has 1 aromatic rings. The van der Waals surface area contributed by atoms with E-state index < -0.39 is 5.97 Å². The van der Waals surface area contributed by atoms with Crippen LogP contribution in [0.25, 0.3) is 0 Å². The number of carbonyl (C=O) groups is 1. The lowest BCUT2D eigenvalue weighted by molar-refractivity contribution is 0.0692. The zero-order valence-corrected chi connectivity index (χ0v) is 10.7. The number of carboxylic acid groups (broad SMARTS) is 1. The summed E-state index contributed by atoms with van der Waals surface area (Å²) in [6, 6.07) is 1.66. The third kappa shape index (κ3) is 1.90. The van der Waals surface area contributed by atoms with E-state index in [0.29, 0.717) is 11.5 Å². The van der Waals surface area contributed by atoms with Crippen molar-refractivity contribution < 1.29 is 19.4 Å². The number of rotatable bonds is 3. The quantitative estimate of drug-likeness (QED) is 0.854. The largest absolute Gasteiger partial charge is 0.496 e. The first kappa shape index (κ1) is 12.7. The van der Waals surface area contributed by atoms with Crippen molar-refractivity contribution in [2.45, 2.75) is 19.4 Å². The van der Waals surface area contributed by atoms with Gasteiger partial charge in [-0.1, -0.05) is 0 Å². The van der Waals surface area contributed by atoms with Crippen molar-refractivity contribution in [3.8, 4) is 11.5 Å². The lowest BCUT2D eigenvalue weighted by atomic mass is 9.91. The van der Waals surface area contributed by atoms with Crippen LogP contribution in [0.1, 0.15) is 34.5 Å². The molecule has 2 N–H and O–H groups in total. The predicted octanol–water partition coefficient (Wildman–Crippen LogP) is 1.61. The second-order valence-electron chi connectivity index (χ2n) is 4.28. The smallest absolute Gasteiger partial charge is 0.339 e. The fourth-order valence-corrected chi connectivity index (χ4v) is 2.51. The highest BCUT2D eigenvalue weighted by atomic mass is 16.5. The Morgan fingerprint density at radius 1 is 1.44 bits per heavy atom. The summed E-state index contributed by atoms with van der Waals surface area (Å²) in [6.45, 7) is 2.83. The zero-order chi connectivity index (χ0) is 13.3. The summed E-state index contributed by atoms with van der Waals surface area (Å²) < 4.78 is 10.6. The van der Waals surface area contributed by atoms with Crippen LogP contribution in [0.15, 0.2) is 6.07 Å². The molecule has 2 rings (SSSR count). The van der Waals surface area contributed by atoms with Gasteiger partial charge >= 0.3 is 5.97 Å². The molecule has 0 saturated heterocycles. The van der Waals surface area contributed by atoms with Gasteiger partial charge in [0.25, 0.3) is 0 Å². The van der Waals surface area contributed by atoms with E-state index in [1.54, 1.807) is 7.11 Å². The average Bonchev–Trinajstić information content (AvgIpc) is 2.36. The van der Waals surface area contributed by atoms with Gasteiger partial charge in [-0.2, -0.15) is 0 Å². The Hall–Kier alpha value is -1.75. The normalized spacial score (nSPS) is 18.1. The zero-order valence-electron chi connectivity index (χ0n) is 10.7. The fourth-order valence-electron chi connectivity index (χ4n) is 2.51. The number of carboxylic acids is 1. The van der Waals surface area contributed by atoms with Crippen LogP contribution in [0.5, 0.6) is 11.5 Å². The number of nitrogens with one attached hydrogen (secondary N) is 1. The molecule has 0 aliphatic carbocycles. The van der Waals surface area contributed by atoms with Crippen LogP contribution in [0, 0.1) is 0 Å². The monoisotopic (exact) mass is 251 g/mol. The maximum Gasteiger partial charge on any atom is 0.339 e. The van der Waals surface area contributed by atoms with Gasteiger partial charge in [-0.25, -0.2) is 4.79 Å². The van der Waals surface area contributed by atoms with Crippen LogP contribution < -0.4 is 14.8 Å². The van der Waals surface area contributed by atoms with Gasteiger partial charge in [0, 0.05) is 17.2 Å². The Kier molecular flexibility index (Phi) is 3.43. The number of ether oxygens (including phenoxy) is 2. The highest BCUT2D eigenvalue weighted by Crippen LogP contribution is 2.40. The molecule has 0 aromatic heterocycles. The van der Waals surface area contributed by atoms with E-state index in [0.717, 1.165) is 24.1 Å². The Morgan fingerprint density at radius 3 is 2.72 bits per heavy atom. The first-order valence-corrected chi connectivity index (χ1v) is 5.84. The molecule has 18 heavy (non-hydrogen) atoms. The molecular weight excluding hydrogens is 234 g/mol. The van der Waals surface area contributed by atoms with Crippen molar-refractivity contribution in [2.75, 3.05) is 20.8 Å². The standard InChI is InChI=1S/C13H17NO4/c1-7-11-8(4-5-14-7)12(18-3)9(13(15)16)6-10(11)17-2/h6-7,14H,4-5H2,1-3H3,(H,15,16). The summed E-state index contributed by atoms with van der Waals surface area (Å²) in [7, 11) is 3.05.